The maximum atomic E-state index is 5.40. The van der Waals surface area contributed by atoms with Crippen molar-refractivity contribution in [3.63, 3.8) is 0 Å². The van der Waals surface area contributed by atoms with E-state index in [2.05, 4.69) is 25.8 Å². The van der Waals surface area contributed by atoms with Crippen molar-refractivity contribution >= 4 is 21.7 Å². The number of benzene rings is 1. The molecule has 19 heavy (non-hydrogen) atoms. The molecule has 5 heteroatoms. The summed E-state index contributed by atoms with van der Waals surface area (Å²) in [5.74, 6) is 2.67. The average Bonchev–Trinajstić information content (AvgIpc) is 2.86. The minimum absolute atomic E-state index is 0.750. The van der Waals surface area contributed by atoms with E-state index in [4.69, 9.17) is 9.47 Å². The maximum Gasteiger partial charge on any atom is 0.127 e. The van der Waals surface area contributed by atoms with Crippen molar-refractivity contribution in [1.82, 2.24) is 4.98 Å². The molecule has 0 aliphatic rings. The zero-order valence-electron chi connectivity index (χ0n) is 11.2. The molecule has 0 saturated carbocycles. The van der Waals surface area contributed by atoms with Gasteiger partial charge in [-0.05, 0) is 34.1 Å². The minimum atomic E-state index is 0.750. The van der Waals surface area contributed by atoms with Crippen molar-refractivity contribution in [3.05, 3.63) is 40.5 Å². The Bertz CT molecular complexity index is 554. The first-order valence-corrected chi connectivity index (χ1v) is 6.69. The Labute approximate surface area is 121 Å². The number of rotatable bonds is 5. The summed E-state index contributed by atoms with van der Waals surface area (Å²) in [6, 6.07) is 7.90. The van der Waals surface area contributed by atoms with E-state index in [1.165, 1.54) is 0 Å². The zero-order valence-corrected chi connectivity index (χ0v) is 12.8. The van der Waals surface area contributed by atoms with E-state index in [-0.39, 0.29) is 0 Å². The molecule has 1 N–H and O–H groups in total. The maximum absolute atomic E-state index is 5.40. The molecule has 0 aliphatic carbocycles. The summed E-state index contributed by atoms with van der Waals surface area (Å²) >= 11 is 3.43. The van der Waals surface area contributed by atoms with Crippen LogP contribution in [-0.4, -0.2) is 26.3 Å². The second kappa shape index (κ2) is 6.02. The summed E-state index contributed by atoms with van der Waals surface area (Å²) in [6.07, 6.45) is 1.91. The first-order valence-electron chi connectivity index (χ1n) is 5.90. The van der Waals surface area contributed by atoms with E-state index in [0.717, 1.165) is 33.9 Å². The molecule has 0 bridgehead atoms. The van der Waals surface area contributed by atoms with Crippen LogP contribution >= 0.6 is 15.9 Å². The number of aromatic nitrogens is 1. The second-order valence-corrected chi connectivity index (χ2v) is 5.15. The third-order valence-electron chi connectivity index (χ3n) is 2.95. The lowest BCUT2D eigenvalue weighted by Crippen LogP contribution is -2.17. The van der Waals surface area contributed by atoms with Gasteiger partial charge < -0.3 is 19.4 Å². The van der Waals surface area contributed by atoms with Gasteiger partial charge in [-0.15, -0.1) is 0 Å². The summed E-state index contributed by atoms with van der Waals surface area (Å²) in [4.78, 5) is 5.32. The molecular formula is C14H17BrN2O2. The van der Waals surface area contributed by atoms with E-state index in [0.29, 0.717) is 0 Å². The van der Waals surface area contributed by atoms with Crippen molar-refractivity contribution in [1.29, 1.82) is 0 Å². The fourth-order valence-corrected chi connectivity index (χ4v) is 2.23. The molecule has 0 fully saturated rings. The van der Waals surface area contributed by atoms with Crippen LogP contribution in [0.3, 0.4) is 0 Å². The molecule has 0 aliphatic heterocycles. The third-order valence-corrected chi connectivity index (χ3v) is 3.40. The fourth-order valence-electron chi connectivity index (χ4n) is 1.90. The van der Waals surface area contributed by atoms with Gasteiger partial charge in [-0.2, -0.15) is 0 Å². The number of nitrogens with zero attached hydrogens (tertiary/aromatic N) is 1. The fraction of sp³-hybridized carbons (Fsp3) is 0.286. The molecule has 102 valence electrons. The van der Waals surface area contributed by atoms with Crippen LogP contribution in [0.1, 0.15) is 5.56 Å². The second-order valence-electron chi connectivity index (χ2n) is 4.24. The van der Waals surface area contributed by atoms with Gasteiger partial charge >= 0.3 is 0 Å². The van der Waals surface area contributed by atoms with Gasteiger partial charge in [-0.25, -0.2) is 0 Å². The van der Waals surface area contributed by atoms with Crippen molar-refractivity contribution in [2.45, 2.75) is 6.54 Å². The number of nitrogens with one attached hydrogen (secondary N) is 1. The monoisotopic (exact) mass is 324 g/mol. The number of methoxy groups -OCH3 is 2. The largest absolute Gasteiger partial charge is 0.497 e. The van der Waals surface area contributed by atoms with Gasteiger partial charge in [0.25, 0.3) is 0 Å². The van der Waals surface area contributed by atoms with Gasteiger partial charge in [-0.3, -0.25) is 0 Å². The Morgan fingerprint density at radius 2 is 2.00 bits per heavy atom. The van der Waals surface area contributed by atoms with Crippen LogP contribution in [0.15, 0.2) is 34.9 Å². The number of H-pyrrole nitrogens is 1. The molecule has 2 aromatic rings. The Morgan fingerprint density at radius 3 is 2.58 bits per heavy atom. The van der Waals surface area contributed by atoms with Gasteiger partial charge in [0.2, 0.25) is 0 Å². The number of halogens is 1. The molecule has 1 heterocycles. The predicted molar refractivity (Wildman–Crippen MR) is 80.1 cm³/mol. The lowest BCUT2D eigenvalue weighted by atomic mass is 10.2. The Hall–Kier alpha value is -1.62. The Kier molecular flexibility index (Phi) is 4.37. The van der Waals surface area contributed by atoms with Crippen LogP contribution < -0.4 is 14.4 Å². The molecule has 0 amide bonds. The number of hydrogen-bond acceptors (Lipinski definition) is 3. The van der Waals surface area contributed by atoms with E-state index in [9.17, 15) is 0 Å². The predicted octanol–water partition coefficient (Wildman–Crippen LogP) is 3.43. The van der Waals surface area contributed by atoms with Crippen molar-refractivity contribution in [2.24, 2.45) is 0 Å². The number of anilines is 1. The highest BCUT2D eigenvalue weighted by Gasteiger charge is 2.09. The van der Waals surface area contributed by atoms with Crippen molar-refractivity contribution in [2.75, 3.05) is 26.2 Å². The molecule has 0 saturated heterocycles. The van der Waals surface area contributed by atoms with Crippen LogP contribution in [0.5, 0.6) is 11.5 Å². The lowest BCUT2D eigenvalue weighted by molar-refractivity contribution is 0.391. The smallest absolute Gasteiger partial charge is 0.127 e. The highest BCUT2D eigenvalue weighted by molar-refractivity contribution is 9.10. The topological polar surface area (TPSA) is 37.5 Å². The van der Waals surface area contributed by atoms with Gasteiger partial charge in [0, 0.05) is 35.9 Å². The van der Waals surface area contributed by atoms with Gasteiger partial charge in [-0.1, -0.05) is 0 Å². The van der Waals surface area contributed by atoms with Gasteiger partial charge in [0.15, 0.2) is 0 Å². The van der Waals surface area contributed by atoms with Gasteiger partial charge in [0.05, 0.1) is 14.2 Å². The molecule has 4 nitrogen and oxygen atoms in total. The minimum Gasteiger partial charge on any atom is -0.497 e. The summed E-state index contributed by atoms with van der Waals surface area (Å²) in [5.41, 5.74) is 1.11. The first kappa shape index (κ1) is 13.8. The molecule has 1 aromatic heterocycles. The van der Waals surface area contributed by atoms with Crippen LogP contribution in [0, 0.1) is 0 Å². The van der Waals surface area contributed by atoms with Crippen molar-refractivity contribution in [3.8, 4) is 11.5 Å². The van der Waals surface area contributed by atoms with Crippen LogP contribution in [0.4, 0.5) is 5.82 Å². The summed E-state index contributed by atoms with van der Waals surface area (Å²) in [6.45, 7) is 0.750. The number of hydrogen-bond donors (Lipinski definition) is 1. The Balaban J connectivity index is 2.18. The summed E-state index contributed by atoms with van der Waals surface area (Å²) in [5, 5.41) is 0. The third kappa shape index (κ3) is 3.23. The zero-order chi connectivity index (χ0) is 13.8. The average molecular weight is 325 g/mol. The van der Waals surface area contributed by atoms with Crippen LogP contribution in [-0.2, 0) is 6.54 Å². The van der Waals surface area contributed by atoms with E-state index in [1.54, 1.807) is 14.2 Å². The molecular weight excluding hydrogens is 308 g/mol. The number of aromatic amines is 1. The highest BCUT2D eigenvalue weighted by Crippen LogP contribution is 2.27. The Morgan fingerprint density at radius 1 is 1.21 bits per heavy atom. The molecule has 0 spiro atoms. The summed E-state index contributed by atoms with van der Waals surface area (Å²) < 4.78 is 11.6. The first-order chi connectivity index (χ1) is 9.13. The summed E-state index contributed by atoms with van der Waals surface area (Å²) in [7, 11) is 5.35. The molecule has 0 unspecified atom stereocenters. The molecule has 0 radical (unpaired) electrons. The van der Waals surface area contributed by atoms with Crippen molar-refractivity contribution < 1.29 is 9.47 Å². The highest BCUT2D eigenvalue weighted by atomic mass is 79.9. The van der Waals surface area contributed by atoms with Crippen LogP contribution in [0.2, 0.25) is 0 Å². The molecule has 0 atom stereocenters. The molecule has 2 rings (SSSR count). The van der Waals surface area contributed by atoms with Gasteiger partial charge in [0.1, 0.15) is 17.3 Å². The van der Waals surface area contributed by atoms with E-state index < -0.39 is 0 Å². The SMILES string of the molecule is COc1ccc(CN(C)c2cc(Br)c[nH]2)c(OC)c1. The quantitative estimate of drug-likeness (QED) is 0.915. The van der Waals surface area contributed by atoms with E-state index in [1.807, 2.05) is 37.5 Å². The standard InChI is InChI=1S/C14H17BrN2O2/c1-17(14-6-11(15)8-16-14)9-10-4-5-12(18-2)7-13(10)19-3/h4-8,16H,9H2,1-3H3. The normalized spacial score (nSPS) is 10.3. The van der Waals surface area contributed by atoms with E-state index >= 15 is 0 Å². The van der Waals surface area contributed by atoms with Crippen LogP contribution in [0.25, 0.3) is 0 Å². The number of ether oxygens (including phenoxy) is 2. The lowest BCUT2D eigenvalue weighted by Gasteiger charge is -2.19. The molecule has 1 aromatic carbocycles.